The van der Waals surface area contributed by atoms with Gasteiger partial charge in [-0.1, -0.05) is 6.07 Å². The molecule has 2 aromatic heterocycles. The number of fused-ring (bicyclic) bond motifs is 2. The van der Waals surface area contributed by atoms with Crippen LogP contribution in [0.15, 0.2) is 36.5 Å². The number of hydrogen-bond donors (Lipinski definition) is 2. The van der Waals surface area contributed by atoms with Crippen molar-refractivity contribution in [3.63, 3.8) is 0 Å². The highest BCUT2D eigenvalue weighted by atomic mass is 19.1. The van der Waals surface area contributed by atoms with E-state index in [0.29, 0.717) is 12.1 Å². The maximum atomic E-state index is 13.1. The third-order valence-electron chi connectivity index (χ3n) is 5.91. The van der Waals surface area contributed by atoms with Gasteiger partial charge >= 0.3 is 0 Å². The molecule has 0 radical (unpaired) electrons. The lowest BCUT2D eigenvalue weighted by molar-refractivity contribution is 0.0827. The Bertz CT molecular complexity index is 917. The number of pyridine rings is 2. The highest BCUT2D eigenvalue weighted by molar-refractivity contribution is 5.93. The maximum absolute atomic E-state index is 13.1. The summed E-state index contributed by atoms with van der Waals surface area (Å²) in [5, 5.41) is 6.31. The fourth-order valence-electron chi connectivity index (χ4n) is 4.62. The van der Waals surface area contributed by atoms with E-state index in [0.717, 1.165) is 44.0 Å². The Balaban J connectivity index is 1.47. The molecule has 6 nitrogen and oxygen atoms in total. The molecule has 7 heteroatoms. The van der Waals surface area contributed by atoms with Crippen LogP contribution in [-0.4, -0.2) is 32.9 Å². The molecule has 146 valence electrons. The average molecular weight is 382 g/mol. The summed E-state index contributed by atoms with van der Waals surface area (Å²) in [5.74, 6) is -0.947. The highest BCUT2D eigenvalue weighted by Crippen LogP contribution is 2.48. The van der Waals surface area contributed by atoms with E-state index < -0.39 is 5.82 Å². The van der Waals surface area contributed by atoms with E-state index in [4.69, 9.17) is 0 Å². The normalized spacial score (nSPS) is 25.9. The molecular formula is C21H23FN4O2. The van der Waals surface area contributed by atoms with Crippen LogP contribution in [0.25, 0.3) is 0 Å². The molecule has 2 fully saturated rings. The first-order valence-electron chi connectivity index (χ1n) is 9.59. The first kappa shape index (κ1) is 18.5. The lowest BCUT2D eigenvalue weighted by Gasteiger charge is -2.40. The van der Waals surface area contributed by atoms with Crippen molar-refractivity contribution in [2.45, 2.75) is 56.5 Å². The third kappa shape index (κ3) is 3.61. The van der Waals surface area contributed by atoms with E-state index in [9.17, 15) is 14.0 Å². The summed E-state index contributed by atoms with van der Waals surface area (Å²) in [5.41, 5.74) is 0.723. The second-order valence-electron chi connectivity index (χ2n) is 8.03. The van der Waals surface area contributed by atoms with Crippen LogP contribution in [0.3, 0.4) is 0 Å². The third-order valence-corrected chi connectivity index (χ3v) is 5.91. The Morgan fingerprint density at radius 3 is 2.25 bits per heavy atom. The standard InChI is InChI=1S/C21H23FN4O2/c1-14-4-2-5-17(24-14)19(28)26-21-9-3-8-20(13-21,10-11-21)25-18(27)16-7-6-15(22)12-23-16/h2,4-7,12H,3,8-11,13H2,1H3,(H,25,27)(H,26,28)/t20-,21+/m1/s1. The summed E-state index contributed by atoms with van der Waals surface area (Å²) in [6, 6.07) is 8.01. The first-order chi connectivity index (χ1) is 13.4. The smallest absolute Gasteiger partial charge is 0.270 e. The monoisotopic (exact) mass is 382 g/mol. The van der Waals surface area contributed by atoms with E-state index in [1.807, 2.05) is 19.1 Å². The van der Waals surface area contributed by atoms with Crippen LogP contribution in [0.2, 0.25) is 0 Å². The minimum atomic E-state index is -0.472. The number of aryl methyl sites for hydroxylation is 1. The molecule has 2 aliphatic rings. The number of halogens is 1. The second-order valence-corrected chi connectivity index (χ2v) is 8.03. The molecule has 2 saturated carbocycles. The lowest BCUT2D eigenvalue weighted by Crippen LogP contribution is -2.55. The average Bonchev–Trinajstić information content (AvgIpc) is 2.92. The van der Waals surface area contributed by atoms with Crippen molar-refractivity contribution in [2.75, 3.05) is 0 Å². The van der Waals surface area contributed by atoms with Crippen LogP contribution < -0.4 is 10.6 Å². The van der Waals surface area contributed by atoms with Gasteiger partial charge in [-0.3, -0.25) is 9.59 Å². The molecule has 0 aliphatic heterocycles. The minimum Gasteiger partial charge on any atom is -0.345 e. The van der Waals surface area contributed by atoms with E-state index in [1.54, 1.807) is 6.07 Å². The Kier molecular flexibility index (Phi) is 4.61. The van der Waals surface area contributed by atoms with Gasteiger partial charge in [0.25, 0.3) is 11.8 Å². The van der Waals surface area contributed by atoms with Gasteiger partial charge in [-0.2, -0.15) is 0 Å². The fraction of sp³-hybridized carbons (Fsp3) is 0.429. The highest BCUT2D eigenvalue weighted by Gasteiger charge is 2.52. The number of rotatable bonds is 4. The molecule has 2 heterocycles. The molecule has 2 aliphatic carbocycles. The fourth-order valence-corrected chi connectivity index (χ4v) is 4.62. The number of amides is 2. The Morgan fingerprint density at radius 2 is 1.64 bits per heavy atom. The number of carbonyl (C=O) groups excluding carboxylic acids is 2. The summed E-state index contributed by atoms with van der Waals surface area (Å²) >= 11 is 0. The summed E-state index contributed by atoms with van der Waals surface area (Å²) < 4.78 is 13.1. The predicted octanol–water partition coefficient (Wildman–Crippen LogP) is 2.93. The molecule has 0 spiro atoms. The van der Waals surface area contributed by atoms with E-state index >= 15 is 0 Å². The van der Waals surface area contributed by atoms with Crippen LogP contribution in [0.4, 0.5) is 4.39 Å². The van der Waals surface area contributed by atoms with Crippen molar-refractivity contribution in [1.29, 1.82) is 0 Å². The summed E-state index contributed by atoms with van der Waals surface area (Å²) in [7, 11) is 0. The zero-order valence-electron chi connectivity index (χ0n) is 15.8. The molecule has 0 saturated heterocycles. The molecule has 2 amide bonds. The zero-order chi connectivity index (χ0) is 19.8. The van der Waals surface area contributed by atoms with Gasteiger partial charge in [0, 0.05) is 16.8 Å². The number of hydrogen-bond acceptors (Lipinski definition) is 4. The van der Waals surface area contributed by atoms with Crippen molar-refractivity contribution in [3.8, 4) is 0 Å². The second kappa shape index (κ2) is 6.96. The lowest BCUT2D eigenvalue weighted by atomic mass is 9.78. The van der Waals surface area contributed by atoms with Crippen molar-refractivity contribution in [1.82, 2.24) is 20.6 Å². The molecule has 0 aromatic carbocycles. The SMILES string of the molecule is Cc1cccc(C(=O)N[C@@]23CCC[C@@](NC(=O)c4ccc(F)cn4)(CC2)C3)n1. The maximum Gasteiger partial charge on any atom is 0.270 e. The zero-order valence-corrected chi connectivity index (χ0v) is 15.8. The molecule has 0 unspecified atom stereocenters. The van der Waals surface area contributed by atoms with Gasteiger partial charge in [0.2, 0.25) is 0 Å². The van der Waals surface area contributed by atoms with Crippen LogP contribution in [0.1, 0.15) is 65.2 Å². The van der Waals surface area contributed by atoms with Gasteiger partial charge < -0.3 is 10.6 Å². The van der Waals surface area contributed by atoms with Gasteiger partial charge in [-0.15, -0.1) is 0 Å². The van der Waals surface area contributed by atoms with Crippen LogP contribution >= 0.6 is 0 Å². The molecule has 2 aromatic rings. The number of aromatic nitrogens is 2. The topological polar surface area (TPSA) is 84.0 Å². The minimum absolute atomic E-state index is 0.173. The van der Waals surface area contributed by atoms with Crippen molar-refractivity contribution in [3.05, 3.63) is 59.4 Å². The van der Waals surface area contributed by atoms with E-state index in [1.165, 1.54) is 12.1 Å². The van der Waals surface area contributed by atoms with Crippen molar-refractivity contribution < 1.29 is 14.0 Å². The van der Waals surface area contributed by atoms with Crippen LogP contribution in [0.5, 0.6) is 0 Å². The van der Waals surface area contributed by atoms with Gasteiger partial charge in [-0.25, -0.2) is 14.4 Å². The van der Waals surface area contributed by atoms with Crippen molar-refractivity contribution in [2.24, 2.45) is 0 Å². The Hall–Kier alpha value is -2.83. The first-order valence-corrected chi connectivity index (χ1v) is 9.59. The van der Waals surface area contributed by atoms with Crippen LogP contribution in [0, 0.1) is 12.7 Å². The van der Waals surface area contributed by atoms with Gasteiger partial charge in [0.05, 0.1) is 6.20 Å². The largest absolute Gasteiger partial charge is 0.345 e. The van der Waals surface area contributed by atoms with E-state index in [2.05, 4.69) is 20.6 Å². The Morgan fingerprint density at radius 1 is 0.964 bits per heavy atom. The van der Waals surface area contributed by atoms with Gasteiger partial charge in [0.1, 0.15) is 17.2 Å². The number of carbonyl (C=O) groups is 2. The molecular weight excluding hydrogens is 359 g/mol. The quantitative estimate of drug-likeness (QED) is 0.852. The molecule has 2 bridgehead atoms. The van der Waals surface area contributed by atoms with Gasteiger partial charge in [0.15, 0.2) is 0 Å². The van der Waals surface area contributed by atoms with E-state index in [-0.39, 0.29) is 28.6 Å². The number of nitrogens with one attached hydrogen (secondary N) is 2. The molecule has 4 rings (SSSR count). The molecule has 2 N–H and O–H groups in total. The summed E-state index contributed by atoms with van der Waals surface area (Å²) in [6.45, 7) is 1.86. The predicted molar refractivity (Wildman–Crippen MR) is 101 cm³/mol. The Labute approximate surface area is 163 Å². The molecule has 28 heavy (non-hydrogen) atoms. The summed E-state index contributed by atoms with van der Waals surface area (Å²) in [6.07, 6.45) is 5.99. The molecule has 2 atom stereocenters. The van der Waals surface area contributed by atoms with Crippen LogP contribution in [-0.2, 0) is 0 Å². The van der Waals surface area contributed by atoms with Crippen molar-refractivity contribution >= 4 is 11.8 Å². The summed E-state index contributed by atoms with van der Waals surface area (Å²) in [4.78, 5) is 33.5. The number of nitrogens with zero attached hydrogens (tertiary/aromatic N) is 2. The van der Waals surface area contributed by atoms with Gasteiger partial charge in [-0.05, 0) is 69.7 Å².